The molecule has 0 aliphatic heterocycles. The highest BCUT2D eigenvalue weighted by molar-refractivity contribution is 5.86. The molecule has 5 rings (SSSR count). The first-order chi connectivity index (χ1) is 21.3. The van der Waals surface area contributed by atoms with Crippen molar-refractivity contribution in [1.29, 1.82) is 0 Å². The van der Waals surface area contributed by atoms with Crippen LogP contribution in [0.25, 0.3) is 0 Å². The largest absolute Gasteiger partial charge is 0.508 e. The molecule has 1 heterocycles. The number of carbonyl (C=O) groups is 1. The Balaban J connectivity index is 1.37. The number of H-pyrrole nitrogens is 1. The molecule has 0 radical (unpaired) electrons. The van der Waals surface area contributed by atoms with Crippen molar-refractivity contribution < 1.29 is 34.7 Å². The number of aromatic nitrogens is 1. The average Bonchev–Trinajstić information content (AvgIpc) is 3.72. The lowest BCUT2D eigenvalue weighted by Crippen LogP contribution is -2.30. The summed E-state index contributed by atoms with van der Waals surface area (Å²) in [5.74, 6) is -0.183. The number of methoxy groups -OCH3 is 1. The van der Waals surface area contributed by atoms with Crippen LogP contribution >= 0.6 is 0 Å². The van der Waals surface area contributed by atoms with Gasteiger partial charge in [0, 0.05) is 24.7 Å². The molecule has 3 atom stereocenters. The third-order valence-corrected chi connectivity index (χ3v) is 8.58. The number of aliphatic hydroxyl groups is 1. The SMILES string of the molecule is COc1cc(C[C@H](C(=O)C[C@@H](O)[C@H](Cc2cc[nH]c2)Cc2ccc(O)c(OC3CCCC3)c2)c2cccc(O)c2)ccc1O. The number of aliphatic hydroxyl groups excluding tert-OH is 1. The van der Waals surface area contributed by atoms with E-state index in [-0.39, 0.29) is 41.5 Å². The van der Waals surface area contributed by atoms with Crippen LogP contribution in [0.3, 0.4) is 0 Å². The van der Waals surface area contributed by atoms with Gasteiger partial charge in [-0.2, -0.15) is 0 Å². The smallest absolute Gasteiger partial charge is 0.161 e. The molecule has 4 aromatic rings. The highest BCUT2D eigenvalue weighted by atomic mass is 16.5. The quantitative estimate of drug-likeness (QED) is 0.116. The Kier molecular flexibility index (Phi) is 10.1. The molecule has 5 N–H and O–H groups in total. The van der Waals surface area contributed by atoms with Gasteiger partial charge in [0.05, 0.1) is 19.3 Å². The predicted octanol–water partition coefficient (Wildman–Crippen LogP) is 6.21. The molecule has 1 aliphatic rings. The molecule has 8 heteroatoms. The number of Topliss-reactive ketones (excluding diaryl/α,β-unsaturated/α-hetero) is 1. The summed E-state index contributed by atoms with van der Waals surface area (Å²) in [4.78, 5) is 17.0. The number of ketones is 1. The van der Waals surface area contributed by atoms with Crippen molar-refractivity contribution in [2.75, 3.05) is 7.11 Å². The second-order valence-corrected chi connectivity index (χ2v) is 11.8. The molecular formula is C36H41NO7. The number of hydrogen-bond acceptors (Lipinski definition) is 7. The van der Waals surface area contributed by atoms with Gasteiger partial charge < -0.3 is 34.9 Å². The first-order valence-electron chi connectivity index (χ1n) is 15.2. The molecule has 0 amide bonds. The summed E-state index contributed by atoms with van der Waals surface area (Å²) in [5.41, 5.74) is 3.34. The third kappa shape index (κ3) is 7.94. The summed E-state index contributed by atoms with van der Waals surface area (Å²) in [5, 5.41) is 42.3. The summed E-state index contributed by atoms with van der Waals surface area (Å²) in [6.07, 6.45) is 8.27. The van der Waals surface area contributed by atoms with Crippen LogP contribution in [0.4, 0.5) is 0 Å². The van der Waals surface area contributed by atoms with Gasteiger partial charge in [-0.05, 0) is 116 Å². The molecule has 44 heavy (non-hydrogen) atoms. The summed E-state index contributed by atoms with van der Waals surface area (Å²) in [6, 6.07) is 18.9. The van der Waals surface area contributed by atoms with E-state index in [4.69, 9.17) is 9.47 Å². The van der Waals surface area contributed by atoms with E-state index < -0.39 is 12.0 Å². The topological polar surface area (TPSA) is 132 Å². The van der Waals surface area contributed by atoms with Gasteiger partial charge in [-0.3, -0.25) is 4.79 Å². The van der Waals surface area contributed by atoms with Crippen LogP contribution in [0.5, 0.6) is 28.7 Å². The third-order valence-electron chi connectivity index (χ3n) is 8.58. The summed E-state index contributed by atoms with van der Waals surface area (Å²) >= 11 is 0. The van der Waals surface area contributed by atoms with Crippen molar-refractivity contribution in [3.63, 3.8) is 0 Å². The number of rotatable bonds is 14. The van der Waals surface area contributed by atoms with Gasteiger partial charge in [-0.25, -0.2) is 0 Å². The van der Waals surface area contributed by atoms with E-state index in [2.05, 4.69) is 4.98 Å². The highest BCUT2D eigenvalue weighted by Crippen LogP contribution is 2.35. The number of phenolic OH excluding ortho intramolecular Hbond substituents is 3. The number of phenols is 3. The monoisotopic (exact) mass is 599 g/mol. The molecule has 1 aliphatic carbocycles. The standard InChI is InChI=1S/C36H41NO7/c1-43-35-18-24(10-11-31(35)39)17-30(26-5-4-6-28(38)20-26)34(42)21-33(41)27(16-25-13-14-37-22-25)15-23-9-12-32(40)36(19-23)44-29-7-2-3-8-29/h4-6,9-14,18-20,22,27,29-30,33,37-41H,2-3,7-8,15-17,21H2,1H3/t27-,30-,33+/m0/s1. The second-order valence-electron chi connectivity index (χ2n) is 11.8. The zero-order chi connectivity index (χ0) is 31.1. The minimum Gasteiger partial charge on any atom is -0.508 e. The average molecular weight is 600 g/mol. The number of aromatic hydroxyl groups is 3. The molecule has 232 valence electrons. The van der Waals surface area contributed by atoms with Gasteiger partial charge in [-0.1, -0.05) is 24.3 Å². The lowest BCUT2D eigenvalue weighted by atomic mass is 9.81. The van der Waals surface area contributed by atoms with Crippen molar-refractivity contribution in [1.82, 2.24) is 4.98 Å². The van der Waals surface area contributed by atoms with Crippen molar-refractivity contribution in [2.24, 2.45) is 5.92 Å². The maximum Gasteiger partial charge on any atom is 0.161 e. The number of benzene rings is 3. The number of aromatic amines is 1. The van der Waals surface area contributed by atoms with Crippen molar-refractivity contribution in [3.8, 4) is 28.7 Å². The summed E-state index contributed by atoms with van der Waals surface area (Å²) in [6.45, 7) is 0. The summed E-state index contributed by atoms with van der Waals surface area (Å²) in [7, 11) is 1.47. The zero-order valence-electron chi connectivity index (χ0n) is 25.0. The molecule has 0 unspecified atom stereocenters. The number of nitrogens with one attached hydrogen (secondary N) is 1. The lowest BCUT2D eigenvalue weighted by molar-refractivity contribution is -0.123. The Morgan fingerprint density at radius 2 is 1.55 bits per heavy atom. The van der Waals surface area contributed by atoms with Crippen molar-refractivity contribution in [2.45, 2.75) is 69.5 Å². The van der Waals surface area contributed by atoms with Crippen LogP contribution in [-0.4, -0.2) is 50.5 Å². The first kappa shape index (κ1) is 31.0. The Morgan fingerprint density at radius 1 is 0.864 bits per heavy atom. The molecule has 1 saturated carbocycles. The maximum atomic E-state index is 14.0. The Bertz CT molecular complexity index is 1530. The molecule has 8 nitrogen and oxygen atoms in total. The minimum atomic E-state index is -0.959. The Morgan fingerprint density at radius 3 is 2.23 bits per heavy atom. The van der Waals surface area contributed by atoms with Gasteiger partial charge in [-0.15, -0.1) is 0 Å². The van der Waals surface area contributed by atoms with E-state index in [1.807, 2.05) is 30.6 Å². The van der Waals surface area contributed by atoms with E-state index in [1.165, 1.54) is 13.2 Å². The van der Waals surface area contributed by atoms with Gasteiger partial charge >= 0.3 is 0 Å². The van der Waals surface area contributed by atoms with Crippen LogP contribution in [0.2, 0.25) is 0 Å². The zero-order valence-corrected chi connectivity index (χ0v) is 25.0. The van der Waals surface area contributed by atoms with E-state index in [9.17, 15) is 25.2 Å². The van der Waals surface area contributed by atoms with Gasteiger partial charge in [0.2, 0.25) is 0 Å². The number of ether oxygens (including phenoxy) is 2. The Labute approximate surface area is 257 Å². The van der Waals surface area contributed by atoms with E-state index >= 15 is 0 Å². The second kappa shape index (κ2) is 14.4. The van der Waals surface area contributed by atoms with Crippen LogP contribution in [0.1, 0.15) is 60.3 Å². The highest BCUT2D eigenvalue weighted by Gasteiger charge is 2.29. The fraction of sp³-hybridized carbons (Fsp3) is 0.361. The normalized spacial score (nSPS) is 15.5. The van der Waals surface area contributed by atoms with Gasteiger partial charge in [0.15, 0.2) is 23.0 Å². The van der Waals surface area contributed by atoms with Crippen molar-refractivity contribution in [3.05, 3.63) is 101 Å². The predicted molar refractivity (Wildman–Crippen MR) is 168 cm³/mol. The maximum absolute atomic E-state index is 14.0. The van der Waals surface area contributed by atoms with E-state index in [0.29, 0.717) is 36.3 Å². The fourth-order valence-corrected chi connectivity index (χ4v) is 6.16. The molecule has 0 spiro atoms. The summed E-state index contributed by atoms with van der Waals surface area (Å²) < 4.78 is 11.4. The fourth-order valence-electron chi connectivity index (χ4n) is 6.16. The molecular weight excluding hydrogens is 558 g/mol. The van der Waals surface area contributed by atoms with Crippen LogP contribution < -0.4 is 9.47 Å². The van der Waals surface area contributed by atoms with Crippen LogP contribution in [0.15, 0.2) is 79.1 Å². The Hall–Kier alpha value is -4.43. The van der Waals surface area contributed by atoms with Gasteiger partial charge in [0.1, 0.15) is 11.5 Å². The van der Waals surface area contributed by atoms with Crippen molar-refractivity contribution >= 4 is 5.78 Å². The minimum absolute atomic E-state index is 0.00512. The van der Waals surface area contributed by atoms with E-state index in [0.717, 1.165) is 42.4 Å². The molecule has 0 bridgehead atoms. The first-order valence-corrected chi connectivity index (χ1v) is 15.2. The number of carbonyl (C=O) groups excluding carboxylic acids is 1. The van der Waals surface area contributed by atoms with Crippen LogP contribution in [0, 0.1) is 5.92 Å². The molecule has 1 aromatic heterocycles. The van der Waals surface area contributed by atoms with Crippen LogP contribution in [-0.2, 0) is 24.1 Å². The number of hydrogen-bond donors (Lipinski definition) is 5. The van der Waals surface area contributed by atoms with Gasteiger partial charge in [0.25, 0.3) is 0 Å². The molecule has 3 aromatic carbocycles. The molecule has 1 fully saturated rings. The lowest BCUT2D eigenvalue weighted by Gasteiger charge is -2.25. The van der Waals surface area contributed by atoms with E-state index in [1.54, 1.807) is 42.5 Å². The molecule has 0 saturated heterocycles.